The number of fused-ring (bicyclic) bond motifs is 1. The summed E-state index contributed by atoms with van der Waals surface area (Å²) >= 11 is 0. The van der Waals surface area contributed by atoms with Gasteiger partial charge >= 0.3 is 6.03 Å². The van der Waals surface area contributed by atoms with Gasteiger partial charge in [0.2, 0.25) is 0 Å². The SMILES string of the molecule is Cc1ccc(OC[C@H](O)CN2C(=O)[C@H]3CCCCN3C2=O)c(C)c1. The number of carbonyl (C=O) groups is 2. The van der Waals surface area contributed by atoms with Gasteiger partial charge in [0.15, 0.2) is 0 Å². The van der Waals surface area contributed by atoms with E-state index in [1.165, 1.54) is 4.90 Å². The highest BCUT2D eigenvalue weighted by Gasteiger charge is 2.46. The number of rotatable bonds is 5. The molecule has 24 heavy (non-hydrogen) atoms. The Balaban J connectivity index is 1.57. The number of β-amino-alcohol motifs (C(OH)–C–C–N with tert-alkyl or cyclic N) is 1. The molecule has 1 N–H and O–H groups in total. The van der Waals surface area contributed by atoms with Crippen LogP contribution in [0.2, 0.25) is 0 Å². The molecule has 0 aliphatic carbocycles. The maximum atomic E-state index is 12.4. The summed E-state index contributed by atoms with van der Waals surface area (Å²) in [6.07, 6.45) is 1.71. The molecule has 0 unspecified atom stereocenters. The molecule has 2 heterocycles. The molecule has 0 bridgehead atoms. The van der Waals surface area contributed by atoms with E-state index < -0.39 is 6.10 Å². The standard InChI is InChI=1S/C18H24N2O4/c1-12-6-7-16(13(2)9-12)24-11-14(21)10-20-17(22)15-5-3-4-8-19(15)18(20)23/h6-7,9,14-15,21H,3-5,8,10-11H2,1-2H3/t14-,15-/m1/s1. The topological polar surface area (TPSA) is 70.1 Å². The van der Waals surface area contributed by atoms with Crippen LogP contribution in [-0.4, -0.2) is 58.7 Å². The van der Waals surface area contributed by atoms with E-state index in [1.54, 1.807) is 4.90 Å². The van der Waals surface area contributed by atoms with Gasteiger partial charge in [-0.1, -0.05) is 17.7 Å². The quantitative estimate of drug-likeness (QED) is 0.836. The van der Waals surface area contributed by atoms with Crippen molar-refractivity contribution in [3.8, 4) is 5.75 Å². The lowest BCUT2D eigenvalue weighted by Crippen LogP contribution is -2.40. The molecule has 2 atom stereocenters. The number of imide groups is 1. The first-order valence-corrected chi connectivity index (χ1v) is 8.47. The monoisotopic (exact) mass is 332 g/mol. The molecule has 2 fully saturated rings. The first-order chi connectivity index (χ1) is 11.5. The van der Waals surface area contributed by atoms with E-state index in [2.05, 4.69) is 0 Å². The molecule has 130 valence electrons. The normalized spacial score (nSPS) is 21.9. The Labute approximate surface area is 142 Å². The molecule has 2 aliphatic heterocycles. The van der Waals surface area contributed by atoms with Crippen molar-refractivity contribution in [2.75, 3.05) is 19.7 Å². The van der Waals surface area contributed by atoms with Crippen molar-refractivity contribution < 1.29 is 19.4 Å². The number of aliphatic hydroxyl groups is 1. The Kier molecular flexibility index (Phi) is 4.76. The Morgan fingerprint density at radius 3 is 2.79 bits per heavy atom. The van der Waals surface area contributed by atoms with Crippen LogP contribution in [0, 0.1) is 13.8 Å². The van der Waals surface area contributed by atoms with Crippen LogP contribution in [0.5, 0.6) is 5.75 Å². The molecule has 3 amide bonds. The minimum absolute atomic E-state index is 0.0183. The van der Waals surface area contributed by atoms with Crippen LogP contribution in [0.1, 0.15) is 30.4 Å². The van der Waals surface area contributed by atoms with E-state index in [4.69, 9.17) is 4.74 Å². The van der Waals surface area contributed by atoms with Crippen LogP contribution in [0.3, 0.4) is 0 Å². The molecule has 1 aromatic carbocycles. The van der Waals surface area contributed by atoms with Gasteiger partial charge in [0.1, 0.15) is 24.5 Å². The summed E-state index contributed by atoms with van der Waals surface area (Å²) in [5, 5.41) is 10.2. The lowest BCUT2D eigenvalue weighted by molar-refractivity contribution is -0.129. The number of piperidine rings is 1. The number of hydrogen-bond acceptors (Lipinski definition) is 4. The number of carbonyl (C=O) groups excluding carboxylic acids is 2. The first kappa shape index (κ1) is 16.8. The van der Waals surface area contributed by atoms with Crippen molar-refractivity contribution >= 4 is 11.9 Å². The van der Waals surface area contributed by atoms with Crippen molar-refractivity contribution in [2.45, 2.75) is 45.3 Å². The van der Waals surface area contributed by atoms with E-state index in [-0.39, 0.29) is 31.1 Å². The lowest BCUT2D eigenvalue weighted by Gasteiger charge is -2.26. The van der Waals surface area contributed by atoms with E-state index >= 15 is 0 Å². The molecule has 0 aromatic heterocycles. The van der Waals surface area contributed by atoms with Gasteiger partial charge in [0, 0.05) is 6.54 Å². The van der Waals surface area contributed by atoms with Crippen molar-refractivity contribution in [2.24, 2.45) is 0 Å². The van der Waals surface area contributed by atoms with E-state index in [0.29, 0.717) is 12.3 Å². The van der Waals surface area contributed by atoms with E-state index in [9.17, 15) is 14.7 Å². The zero-order chi connectivity index (χ0) is 17.3. The van der Waals surface area contributed by atoms with Crippen molar-refractivity contribution in [3.63, 3.8) is 0 Å². The van der Waals surface area contributed by atoms with Crippen LogP contribution in [-0.2, 0) is 4.79 Å². The number of aryl methyl sites for hydroxylation is 2. The van der Waals surface area contributed by atoms with Gasteiger partial charge in [-0.2, -0.15) is 0 Å². The number of urea groups is 1. The number of aliphatic hydroxyl groups excluding tert-OH is 1. The van der Waals surface area contributed by atoms with E-state index in [1.807, 2.05) is 32.0 Å². The van der Waals surface area contributed by atoms with E-state index in [0.717, 1.165) is 30.4 Å². The largest absolute Gasteiger partial charge is 0.491 e. The van der Waals surface area contributed by atoms with Crippen molar-refractivity contribution in [3.05, 3.63) is 29.3 Å². The minimum Gasteiger partial charge on any atom is -0.491 e. The molecule has 0 spiro atoms. The highest BCUT2D eigenvalue weighted by atomic mass is 16.5. The average molecular weight is 332 g/mol. The first-order valence-electron chi connectivity index (χ1n) is 8.47. The Bertz CT molecular complexity index is 622. The smallest absolute Gasteiger partial charge is 0.327 e. The maximum absolute atomic E-state index is 12.4. The highest BCUT2D eigenvalue weighted by Crippen LogP contribution is 2.26. The number of ether oxygens (including phenoxy) is 1. The summed E-state index contributed by atoms with van der Waals surface area (Å²) in [7, 11) is 0. The predicted molar refractivity (Wildman–Crippen MR) is 88.9 cm³/mol. The zero-order valence-electron chi connectivity index (χ0n) is 14.2. The molecule has 3 rings (SSSR count). The molecule has 1 aromatic rings. The van der Waals surface area contributed by atoms with Crippen LogP contribution in [0.4, 0.5) is 4.79 Å². The van der Waals surface area contributed by atoms with Gasteiger partial charge in [-0.05, 0) is 44.7 Å². The predicted octanol–water partition coefficient (Wildman–Crippen LogP) is 1.86. The third-order valence-corrected chi connectivity index (χ3v) is 4.69. The van der Waals surface area contributed by atoms with Gasteiger partial charge < -0.3 is 14.7 Å². The van der Waals surface area contributed by atoms with Gasteiger partial charge in [0.05, 0.1) is 6.54 Å². The van der Waals surface area contributed by atoms with Crippen LogP contribution in [0.25, 0.3) is 0 Å². The molecule has 2 aliphatic rings. The summed E-state index contributed by atoms with van der Waals surface area (Å²) < 4.78 is 5.64. The van der Waals surface area contributed by atoms with Gasteiger partial charge in [0.25, 0.3) is 5.91 Å². The fraction of sp³-hybridized carbons (Fsp3) is 0.556. The number of hydrogen-bond donors (Lipinski definition) is 1. The third kappa shape index (κ3) is 3.24. The number of nitrogens with zero attached hydrogens (tertiary/aromatic N) is 2. The molecule has 2 saturated heterocycles. The molecular formula is C18H24N2O4. The molecule has 0 saturated carbocycles. The van der Waals surface area contributed by atoms with Crippen LogP contribution in [0.15, 0.2) is 18.2 Å². The summed E-state index contributed by atoms with van der Waals surface area (Å²) in [4.78, 5) is 27.5. The Hall–Kier alpha value is -2.08. The second-order valence-corrected chi connectivity index (χ2v) is 6.67. The highest BCUT2D eigenvalue weighted by molar-refractivity contribution is 6.04. The van der Waals surface area contributed by atoms with Crippen LogP contribution >= 0.6 is 0 Å². The second kappa shape index (κ2) is 6.81. The third-order valence-electron chi connectivity index (χ3n) is 4.69. The Morgan fingerprint density at radius 1 is 1.29 bits per heavy atom. The molecule has 0 radical (unpaired) electrons. The van der Waals surface area contributed by atoms with Crippen molar-refractivity contribution in [1.29, 1.82) is 0 Å². The fourth-order valence-electron chi connectivity index (χ4n) is 3.43. The summed E-state index contributed by atoms with van der Waals surface area (Å²) in [5.74, 6) is 0.515. The summed E-state index contributed by atoms with van der Waals surface area (Å²) in [6, 6.07) is 5.20. The Morgan fingerprint density at radius 2 is 2.08 bits per heavy atom. The van der Waals surface area contributed by atoms with Gasteiger partial charge in [-0.25, -0.2) is 4.79 Å². The maximum Gasteiger partial charge on any atom is 0.327 e. The molecule has 6 heteroatoms. The number of benzene rings is 1. The molecular weight excluding hydrogens is 308 g/mol. The number of amides is 3. The molecule has 6 nitrogen and oxygen atoms in total. The van der Waals surface area contributed by atoms with Crippen molar-refractivity contribution in [1.82, 2.24) is 9.80 Å². The zero-order valence-corrected chi connectivity index (χ0v) is 14.2. The summed E-state index contributed by atoms with van der Waals surface area (Å²) in [6.45, 7) is 4.60. The average Bonchev–Trinajstić information content (AvgIpc) is 2.79. The second-order valence-electron chi connectivity index (χ2n) is 6.67. The summed E-state index contributed by atoms with van der Waals surface area (Å²) in [5.41, 5.74) is 2.14. The van der Waals surface area contributed by atoms with Crippen LogP contribution < -0.4 is 4.74 Å². The lowest BCUT2D eigenvalue weighted by atomic mass is 10.0. The van der Waals surface area contributed by atoms with Gasteiger partial charge in [-0.3, -0.25) is 9.69 Å². The fourth-order valence-corrected chi connectivity index (χ4v) is 3.43. The van der Waals surface area contributed by atoms with Gasteiger partial charge in [-0.15, -0.1) is 0 Å². The minimum atomic E-state index is -0.903.